The Balaban J connectivity index is 1.91. The van der Waals surface area contributed by atoms with Crippen LogP contribution in [0.25, 0.3) is 0 Å². The van der Waals surface area contributed by atoms with Crippen LogP contribution in [0.3, 0.4) is 0 Å². The highest BCUT2D eigenvalue weighted by molar-refractivity contribution is 5.96. The van der Waals surface area contributed by atoms with Gasteiger partial charge < -0.3 is 15.2 Å². The predicted molar refractivity (Wildman–Crippen MR) is 75.2 cm³/mol. The molecular formula is C15H18N2O4. The number of imide groups is 1. The molecular weight excluding hydrogens is 272 g/mol. The zero-order valence-corrected chi connectivity index (χ0v) is 11.8. The van der Waals surface area contributed by atoms with Crippen LogP contribution in [-0.2, 0) is 27.5 Å². The maximum Gasteiger partial charge on any atom is 0.229 e. The molecule has 0 saturated carbocycles. The number of fused-ring (bicyclic) bond motifs is 1. The van der Waals surface area contributed by atoms with Gasteiger partial charge in [0.25, 0.3) is 0 Å². The summed E-state index contributed by atoms with van der Waals surface area (Å²) in [6, 6.07) is 3.56. The molecule has 6 nitrogen and oxygen atoms in total. The summed E-state index contributed by atoms with van der Waals surface area (Å²) in [5.74, 6) is 0.432. The lowest BCUT2D eigenvalue weighted by Gasteiger charge is -2.24. The Morgan fingerprint density at radius 3 is 2.57 bits per heavy atom. The summed E-state index contributed by atoms with van der Waals surface area (Å²) >= 11 is 0. The minimum absolute atomic E-state index is 0.124. The molecule has 21 heavy (non-hydrogen) atoms. The maximum atomic E-state index is 12.1. The van der Waals surface area contributed by atoms with Gasteiger partial charge >= 0.3 is 0 Å². The van der Waals surface area contributed by atoms with E-state index in [1.165, 1.54) is 4.90 Å². The van der Waals surface area contributed by atoms with Gasteiger partial charge in [0.1, 0.15) is 5.75 Å². The van der Waals surface area contributed by atoms with Gasteiger partial charge in [0.2, 0.25) is 11.8 Å². The quantitative estimate of drug-likeness (QED) is 0.660. The zero-order valence-electron chi connectivity index (χ0n) is 11.8. The van der Waals surface area contributed by atoms with Crippen LogP contribution in [0.2, 0.25) is 0 Å². The van der Waals surface area contributed by atoms with Crippen molar-refractivity contribution in [3.8, 4) is 5.75 Å². The van der Waals surface area contributed by atoms with Crippen LogP contribution >= 0.6 is 0 Å². The number of hydrogen-bond donors (Lipinski definition) is 1. The number of nitrogen functional groups attached to an aromatic ring is 1. The van der Waals surface area contributed by atoms with E-state index in [9.17, 15) is 9.59 Å². The summed E-state index contributed by atoms with van der Waals surface area (Å²) in [6.07, 6.45) is 2.36. The van der Waals surface area contributed by atoms with Gasteiger partial charge in [-0.3, -0.25) is 14.5 Å². The van der Waals surface area contributed by atoms with Gasteiger partial charge in [-0.1, -0.05) is 0 Å². The molecule has 3 rings (SSSR count). The van der Waals surface area contributed by atoms with Crippen molar-refractivity contribution < 1.29 is 19.1 Å². The van der Waals surface area contributed by atoms with Crippen molar-refractivity contribution in [3.05, 3.63) is 23.3 Å². The van der Waals surface area contributed by atoms with Crippen LogP contribution in [0.1, 0.15) is 36.8 Å². The molecule has 0 radical (unpaired) electrons. The Hall–Kier alpha value is -2.08. The first kappa shape index (κ1) is 13.9. The highest BCUT2D eigenvalue weighted by Crippen LogP contribution is 2.32. The van der Waals surface area contributed by atoms with Crippen LogP contribution in [0.5, 0.6) is 5.75 Å². The summed E-state index contributed by atoms with van der Waals surface area (Å²) in [4.78, 5) is 25.5. The third-order valence-electron chi connectivity index (χ3n) is 3.77. The summed E-state index contributed by atoms with van der Waals surface area (Å²) in [7, 11) is 0. The average Bonchev–Trinajstić information content (AvgIpc) is 2.62. The SMILES string of the molecule is Nc1cc2c(c(CN3C(=O)CCCCC3=O)c1)OCOC2. The van der Waals surface area contributed by atoms with E-state index in [-0.39, 0.29) is 25.2 Å². The standard InChI is InChI=1S/C15H18N2O4/c16-12-5-10(15-11(6-12)8-20-9-21-15)7-17-13(18)3-1-2-4-14(17)19/h5-6H,1-4,7-9,16H2. The van der Waals surface area contributed by atoms with E-state index in [2.05, 4.69) is 0 Å². The number of amides is 2. The number of nitrogens with two attached hydrogens (primary N) is 1. The number of anilines is 1. The fraction of sp³-hybridized carbons (Fsp3) is 0.467. The van der Waals surface area contributed by atoms with Gasteiger partial charge in [-0.05, 0) is 25.0 Å². The van der Waals surface area contributed by atoms with E-state index in [0.29, 0.717) is 30.9 Å². The molecule has 6 heteroatoms. The lowest BCUT2D eigenvalue weighted by Crippen LogP contribution is -2.34. The van der Waals surface area contributed by atoms with E-state index in [4.69, 9.17) is 15.2 Å². The zero-order chi connectivity index (χ0) is 14.8. The van der Waals surface area contributed by atoms with Crippen LogP contribution < -0.4 is 10.5 Å². The maximum absolute atomic E-state index is 12.1. The smallest absolute Gasteiger partial charge is 0.229 e. The van der Waals surface area contributed by atoms with Gasteiger partial charge in [-0.2, -0.15) is 0 Å². The molecule has 2 N–H and O–H groups in total. The molecule has 1 fully saturated rings. The van der Waals surface area contributed by atoms with Gasteiger partial charge in [0.05, 0.1) is 13.2 Å². The summed E-state index contributed by atoms with van der Waals surface area (Å²) in [5.41, 5.74) is 8.08. The van der Waals surface area contributed by atoms with Gasteiger partial charge in [-0.25, -0.2) is 0 Å². The molecule has 0 spiro atoms. The molecule has 0 unspecified atom stereocenters. The lowest BCUT2D eigenvalue weighted by atomic mass is 10.1. The molecule has 2 amide bonds. The molecule has 1 aromatic carbocycles. The van der Waals surface area contributed by atoms with Gasteiger partial charge in [0, 0.05) is 29.7 Å². The molecule has 0 aromatic heterocycles. The van der Waals surface area contributed by atoms with Crippen LogP contribution in [0.15, 0.2) is 12.1 Å². The molecule has 1 saturated heterocycles. The first-order valence-corrected chi connectivity index (χ1v) is 7.10. The minimum atomic E-state index is -0.124. The highest BCUT2D eigenvalue weighted by atomic mass is 16.7. The number of carbonyl (C=O) groups excluding carboxylic acids is 2. The molecule has 2 aliphatic heterocycles. The third-order valence-corrected chi connectivity index (χ3v) is 3.77. The Morgan fingerprint density at radius 2 is 1.86 bits per heavy atom. The Morgan fingerprint density at radius 1 is 1.14 bits per heavy atom. The lowest BCUT2D eigenvalue weighted by molar-refractivity contribution is -0.144. The number of likely N-dealkylation sites (tertiary alicyclic amines) is 1. The largest absolute Gasteiger partial charge is 0.467 e. The van der Waals surface area contributed by atoms with Gasteiger partial charge in [0.15, 0.2) is 6.79 Å². The fourth-order valence-electron chi connectivity index (χ4n) is 2.75. The Labute approximate surface area is 122 Å². The second-order valence-electron chi connectivity index (χ2n) is 5.36. The molecule has 0 aliphatic carbocycles. The van der Waals surface area contributed by atoms with Crippen molar-refractivity contribution in [2.45, 2.75) is 38.8 Å². The highest BCUT2D eigenvalue weighted by Gasteiger charge is 2.26. The Bertz CT molecular complexity index is 567. The average molecular weight is 290 g/mol. The minimum Gasteiger partial charge on any atom is -0.467 e. The number of benzene rings is 1. The van der Waals surface area contributed by atoms with Crippen LogP contribution in [-0.4, -0.2) is 23.5 Å². The predicted octanol–water partition coefficient (Wildman–Crippen LogP) is 1.56. The normalized spacial score (nSPS) is 19.0. The molecule has 112 valence electrons. The topological polar surface area (TPSA) is 81.9 Å². The number of ether oxygens (including phenoxy) is 2. The summed E-state index contributed by atoms with van der Waals surface area (Å²) < 4.78 is 10.8. The van der Waals surface area contributed by atoms with Crippen molar-refractivity contribution in [2.75, 3.05) is 12.5 Å². The molecule has 1 aromatic rings. The number of carbonyl (C=O) groups is 2. The molecule has 2 aliphatic rings. The second-order valence-corrected chi connectivity index (χ2v) is 5.36. The first-order chi connectivity index (χ1) is 10.1. The number of rotatable bonds is 2. The van der Waals surface area contributed by atoms with E-state index < -0.39 is 0 Å². The van der Waals surface area contributed by atoms with E-state index >= 15 is 0 Å². The Kier molecular flexibility index (Phi) is 3.79. The van der Waals surface area contributed by atoms with Crippen LogP contribution in [0.4, 0.5) is 5.69 Å². The molecule has 2 heterocycles. The van der Waals surface area contributed by atoms with Gasteiger partial charge in [-0.15, -0.1) is 0 Å². The fourth-order valence-corrected chi connectivity index (χ4v) is 2.75. The van der Waals surface area contributed by atoms with Crippen molar-refractivity contribution in [1.29, 1.82) is 0 Å². The summed E-state index contributed by atoms with van der Waals surface area (Å²) in [6.45, 7) is 0.812. The van der Waals surface area contributed by atoms with E-state index in [1.54, 1.807) is 12.1 Å². The van der Waals surface area contributed by atoms with Crippen LogP contribution in [0, 0.1) is 0 Å². The number of hydrogen-bond acceptors (Lipinski definition) is 5. The van der Waals surface area contributed by atoms with E-state index in [0.717, 1.165) is 24.0 Å². The van der Waals surface area contributed by atoms with Crippen molar-refractivity contribution >= 4 is 17.5 Å². The molecule has 0 bridgehead atoms. The monoisotopic (exact) mass is 290 g/mol. The summed E-state index contributed by atoms with van der Waals surface area (Å²) in [5, 5.41) is 0. The van der Waals surface area contributed by atoms with E-state index in [1.807, 2.05) is 0 Å². The molecule has 0 atom stereocenters. The second kappa shape index (κ2) is 5.73. The first-order valence-electron chi connectivity index (χ1n) is 7.10. The third kappa shape index (κ3) is 2.85. The number of nitrogens with zero attached hydrogens (tertiary/aromatic N) is 1. The van der Waals surface area contributed by atoms with Crippen molar-refractivity contribution in [3.63, 3.8) is 0 Å². The van der Waals surface area contributed by atoms with Crippen molar-refractivity contribution in [2.24, 2.45) is 0 Å². The van der Waals surface area contributed by atoms with Crippen molar-refractivity contribution in [1.82, 2.24) is 4.90 Å².